The summed E-state index contributed by atoms with van der Waals surface area (Å²) < 4.78 is 4.70. The molecule has 3 aromatic heterocycles. The van der Waals surface area contributed by atoms with E-state index in [2.05, 4.69) is 207 Å². The third-order valence-corrected chi connectivity index (χ3v) is 16.5. The van der Waals surface area contributed by atoms with E-state index in [-0.39, 0.29) is 21.1 Å². The van der Waals surface area contributed by atoms with Crippen LogP contribution in [0.2, 0.25) is 0 Å². The van der Waals surface area contributed by atoms with E-state index >= 15 is 0 Å². The molecule has 0 unspecified atom stereocenters. The first-order valence-electron chi connectivity index (χ1n) is 22.5. The second-order valence-electron chi connectivity index (χ2n) is 20.8. The fraction of sp³-hybridized carbons (Fsp3) is 0.276. The van der Waals surface area contributed by atoms with Crippen molar-refractivity contribution in [1.82, 2.24) is 14.1 Å². The van der Waals surface area contributed by atoms with Gasteiger partial charge >= 0.3 is 0 Å². The maximum Gasteiger partial charge on any atom is 0.145 e. The average molecular weight is 841 g/mol. The summed E-state index contributed by atoms with van der Waals surface area (Å²) in [5.41, 5.74) is 19.4. The zero-order valence-corrected chi connectivity index (χ0v) is 39.3. The van der Waals surface area contributed by atoms with Gasteiger partial charge in [-0.15, -0.1) is 0 Å². The Hall–Kier alpha value is -5.91. The van der Waals surface area contributed by atoms with Crippen molar-refractivity contribution in [3.8, 4) is 22.5 Å². The first-order valence-corrected chi connectivity index (χ1v) is 23.3. The summed E-state index contributed by atoms with van der Waals surface area (Å²) in [7, 11) is 0. The average Bonchev–Trinajstić information content (AvgIpc) is 3.92. The van der Waals surface area contributed by atoms with E-state index in [9.17, 15) is 0 Å². The number of aryl methyl sites for hydroxylation is 4. The number of hydrogen-bond donors (Lipinski definition) is 0. The Balaban J connectivity index is 1.15. The third kappa shape index (κ3) is 5.81. The number of benzene rings is 6. The second kappa shape index (κ2) is 13.5. The zero-order chi connectivity index (χ0) is 44.0. The molecule has 0 amide bonds. The maximum absolute atomic E-state index is 5.85. The quantitative estimate of drug-likeness (QED) is 0.177. The first kappa shape index (κ1) is 39.9. The second-order valence-corrected chi connectivity index (χ2v) is 22.0. The molecule has 6 aromatic carbocycles. The molecule has 63 heavy (non-hydrogen) atoms. The van der Waals surface area contributed by atoms with Gasteiger partial charge in [0.1, 0.15) is 5.65 Å². The Morgan fingerprint density at radius 3 is 2.06 bits per heavy atom. The molecule has 0 radical (unpaired) electrons. The third-order valence-electron chi connectivity index (χ3n) is 14.4. The van der Waals surface area contributed by atoms with Crippen LogP contribution in [0.5, 0.6) is 0 Å². The Kier molecular flexibility index (Phi) is 8.58. The summed E-state index contributed by atoms with van der Waals surface area (Å²) in [6.45, 7) is 25.7. The molecule has 2 atom stereocenters. The van der Waals surface area contributed by atoms with Gasteiger partial charge in [0.15, 0.2) is 0 Å². The van der Waals surface area contributed by atoms with Gasteiger partial charge in [-0.2, -0.15) is 0 Å². The van der Waals surface area contributed by atoms with E-state index in [0.717, 1.165) is 39.4 Å². The standard InChI is InChI=1S/C58H56N4S/c1-34-19-21-49-45(24-34)46-26-37(4)51(62-50-22-20-39(38-16-13-12-14-17-38)30-47(50)44-18-15-23-59-53(44)62)32-52(46)61(49)43-29-40(28-42(31-43)55(5,6)7)54-60-57(11)33-41-25-35(2)36(3)27-48(41)58(57,63-54)56(8,9)10/h12-32H,33H2,1-11H3/t57-,58-/m1/s1. The van der Waals surface area contributed by atoms with Gasteiger partial charge in [0.05, 0.1) is 37.6 Å². The van der Waals surface area contributed by atoms with Crippen molar-refractivity contribution in [3.63, 3.8) is 0 Å². The summed E-state index contributed by atoms with van der Waals surface area (Å²) in [4.78, 5) is 10.9. The molecule has 2 aliphatic rings. The number of hydrogen-bond acceptors (Lipinski definition) is 3. The van der Waals surface area contributed by atoms with E-state index < -0.39 is 0 Å². The van der Waals surface area contributed by atoms with Gasteiger partial charge in [-0.3, -0.25) is 9.56 Å². The van der Waals surface area contributed by atoms with Crippen molar-refractivity contribution < 1.29 is 0 Å². The highest BCUT2D eigenvalue weighted by atomic mass is 32.2. The minimum atomic E-state index is -0.277. The molecule has 1 aliphatic heterocycles. The van der Waals surface area contributed by atoms with Gasteiger partial charge in [-0.1, -0.05) is 113 Å². The summed E-state index contributed by atoms with van der Waals surface area (Å²) in [5.74, 6) is 0. The molecule has 1 aliphatic carbocycles. The van der Waals surface area contributed by atoms with Crippen molar-refractivity contribution >= 4 is 60.5 Å². The SMILES string of the molecule is Cc1ccc2c(c1)c1cc(C)c(-n3c4ccc(-c5ccccc5)cc4c4cccnc43)cc1n2-c1cc(C2=N[C@]3(C)Cc4cc(C)c(C)cc4[C@]3(C(C)(C)C)S2)cc(C(C)(C)C)c1. The fourth-order valence-electron chi connectivity index (χ4n) is 11.3. The van der Waals surface area contributed by atoms with Crippen LogP contribution in [0.3, 0.4) is 0 Å². The van der Waals surface area contributed by atoms with E-state index in [4.69, 9.17) is 9.98 Å². The number of pyridine rings is 1. The highest BCUT2D eigenvalue weighted by molar-refractivity contribution is 8.15. The van der Waals surface area contributed by atoms with Crippen molar-refractivity contribution in [3.05, 3.63) is 172 Å². The number of aromatic nitrogens is 3. The van der Waals surface area contributed by atoms with Crippen molar-refractivity contribution in [1.29, 1.82) is 0 Å². The van der Waals surface area contributed by atoms with Crippen LogP contribution < -0.4 is 0 Å². The number of aliphatic imine (C=N–C) groups is 1. The van der Waals surface area contributed by atoms with Crippen LogP contribution >= 0.6 is 11.8 Å². The Morgan fingerprint density at radius 2 is 1.30 bits per heavy atom. The number of rotatable bonds is 4. The Bertz CT molecular complexity index is 3420. The lowest BCUT2D eigenvalue weighted by atomic mass is 9.68. The molecule has 0 bridgehead atoms. The van der Waals surface area contributed by atoms with Gasteiger partial charge in [-0.05, 0) is 163 Å². The lowest BCUT2D eigenvalue weighted by Crippen LogP contribution is -2.49. The van der Waals surface area contributed by atoms with E-state index in [0.29, 0.717) is 0 Å². The zero-order valence-electron chi connectivity index (χ0n) is 38.5. The van der Waals surface area contributed by atoms with Crippen LogP contribution in [0.15, 0.2) is 133 Å². The molecule has 11 rings (SSSR count). The predicted molar refractivity (Wildman–Crippen MR) is 270 cm³/mol. The molecule has 0 spiro atoms. The molecule has 0 fully saturated rings. The minimum Gasteiger partial charge on any atom is -0.309 e. The summed E-state index contributed by atoms with van der Waals surface area (Å²) in [6, 6.07) is 45.8. The molecule has 5 heteroatoms. The van der Waals surface area contributed by atoms with Crippen molar-refractivity contribution in [2.45, 2.75) is 98.3 Å². The van der Waals surface area contributed by atoms with Crippen LogP contribution in [0.4, 0.5) is 0 Å². The molecule has 4 nitrogen and oxygen atoms in total. The van der Waals surface area contributed by atoms with E-state index in [1.165, 1.54) is 82.8 Å². The van der Waals surface area contributed by atoms with Crippen molar-refractivity contribution in [2.24, 2.45) is 10.4 Å². The van der Waals surface area contributed by atoms with Gasteiger partial charge < -0.3 is 4.57 Å². The van der Waals surface area contributed by atoms with Crippen LogP contribution in [0.25, 0.3) is 66.2 Å². The molecule has 0 saturated heterocycles. The number of thioether (sulfide) groups is 1. The predicted octanol–water partition coefficient (Wildman–Crippen LogP) is 15.2. The largest absolute Gasteiger partial charge is 0.309 e. The van der Waals surface area contributed by atoms with Crippen LogP contribution in [-0.2, 0) is 16.6 Å². The molecular weight excluding hydrogens is 785 g/mol. The van der Waals surface area contributed by atoms with E-state index in [1.54, 1.807) is 0 Å². The van der Waals surface area contributed by atoms with Gasteiger partial charge in [0.2, 0.25) is 0 Å². The van der Waals surface area contributed by atoms with Crippen LogP contribution in [-0.4, -0.2) is 24.7 Å². The number of fused-ring (bicyclic) bond motifs is 9. The maximum atomic E-state index is 5.85. The Morgan fingerprint density at radius 1 is 0.587 bits per heavy atom. The van der Waals surface area contributed by atoms with Gasteiger partial charge in [0, 0.05) is 39.0 Å². The molecule has 4 heterocycles. The normalized spacial score (nSPS) is 18.8. The van der Waals surface area contributed by atoms with Crippen LogP contribution in [0, 0.1) is 33.1 Å². The monoisotopic (exact) mass is 840 g/mol. The molecule has 9 aromatic rings. The highest BCUT2D eigenvalue weighted by Gasteiger charge is 2.65. The molecule has 0 saturated carbocycles. The number of nitrogens with zero attached hydrogens (tertiary/aromatic N) is 4. The summed E-state index contributed by atoms with van der Waals surface area (Å²) in [6.07, 6.45) is 2.87. The van der Waals surface area contributed by atoms with Gasteiger partial charge in [0.25, 0.3) is 0 Å². The molecular formula is C58H56N4S. The summed E-state index contributed by atoms with van der Waals surface area (Å²) in [5, 5.41) is 6.01. The minimum absolute atomic E-state index is 0.0428. The summed E-state index contributed by atoms with van der Waals surface area (Å²) >= 11 is 2.01. The Labute approximate surface area is 376 Å². The highest BCUT2D eigenvalue weighted by Crippen LogP contribution is 2.67. The van der Waals surface area contributed by atoms with Crippen molar-refractivity contribution in [2.75, 3.05) is 0 Å². The molecule has 0 N–H and O–H groups in total. The first-order chi connectivity index (χ1) is 30.0. The van der Waals surface area contributed by atoms with Gasteiger partial charge in [-0.25, -0.2) is 4.98 Å². The van der Waals surface area contributed by atoms with Crippen LogP contribution in [0.1, 0.15) is 93.0 Å². The topological polar surface area (TPSA) is 35.1 Å². The van der Waals surface area contributed by atoms with E-state index in [1.807, 2.05) is 18.0 Å². The lowest BCUT2D eigenvalue weighted by molar-refractivity contribution is 0.203. The fourth-order valence-corrected chi connectivity index (χ4v) is 13.0. The molecule has 314 valence electrons. The smallest absolute Gasteiger partial charge is 0.145 e. The lowest BCUT2D eigenvalue weighted by Gasteiger charge is -2.46.